The fourth-order valence-electron chi connectivity index (χ4n) is 1.51. The van der Waals surface area contributed by atoms with Crippen molar-refractivity contribution in [3.63, 3.8) is 0 Å². The number of hydrogen-bond acceptors (Lipinski definition) is 8. The lowest BCUT2D eigenvalue weighted by atomic mass is 10.3. The third kappa shape index (κ3) is 3.51. The number of rotatable bonds is 5. The van der Waals surface area contributed by atoms with E-state index in [-0.39, 0.29) is 17.4 Å². The van der Waals surface area contributed by atoms with Crippen LogP contribution in [-0.2, 0) is 4.74 Å². The SMILES string of the molecule is COC(=O)c1cncc(NC(C)c2nc(C(=O)O)cs2)n1. The predicted molar refractivity (Wildman–Crippen MR) is 74.5 cm³/mol. The van der Waals surface area contributed by atoms with Crippen LogP contribution < -0.4 is 5.32 Å². The van der Waals surface area contributed by atoms with Gasteiger partial charge in [0.1, 0.15) is 10.8 Å². The zero-order valence-electron chi connectivity index (χ0n) is 11.2. The number of ether oxygens (including phenoxy) is 1. The van der Waals surface area contributed by atoms with Crippen LogP contribution >= 0.6 is 11.3 Å². The highest BCUT2D eigenvalue weighted by atomic mass is 32.1. The zero-order chi connectivity index (χ0) is 15.4. The zero-order valence-corrected chi connectivity index (χ0v) is 12.0. The lowest BCUT2D eigenvalue weighted by Gasteiger charge is -2.11. The molecule has 0 amide bonds. The molecule has 1 atom stereocenters. The molecule has 0 aliphatic rings. The number of carboxylic acids is 1. The van der Waals surface area contributed by atoms with E-state index in [2.05, 4.69) is 25.0 Å². The summed E-state index contributed by atoms with van der Waals surface area (Å²) in [7, 11) is 1.26. The molecule has 2 aromatic heterocycles. The number of nitrogens with one attached hydrogen (secondary N) is 1. The Bertz CT molecular complexity index is 673. The normalized spacial score (nSPS) is 11.7. The van der Waals surface area contributed by atoms with Crippen molar-refractivity contribution in [3.05, 3.63) is 34.2 Å². The molecule has 2 N–H and O–H groups in total. The first-order valence-electron chi connectivity index (χ1n) is 5.87. The van der Waals surface area contributed by atoms with Crippen molar-refractivity contribution in [3.8, 4) is 0 Å². The van der Waals surface area contributed by atoms with E-state index in [4.69, 9.17) is 5.11 Å². The first-order chi connectivity index (χ1) is 10.0. The summed E-state index contributed by atoms with van der Waals surface area (Å²) >= 11 is 1.23. The number of thiazole rings is 1. The second-order valence-corrected chi connectivity index (χ2v) is 4.91. The fraction of sp³-hybridized carbons (Fsp3) is 0.250. The molecule has 9 heteroatoms. The summed E-state index contributed by atoms with van der Waals surface area (Å²) in [4.78, 5) is 34.1. The van der Waals surface area contributed by atoms with Gasteiger partial charge in [-0.3, -0.25) is 4.98 Å². The van der Waals surface area contributed by atoms with E-state index in [1.165, 1.54) is 36.2 Å². The third-order valence-corrected chi connectivity index (χ3v) is 3.53. The third-order valence-electron chi connectivity index (χ3n) is 2.50. The van der Waals surface area contributed by atoms with Gasteiger partial charge in [0.25, 0.3) is 0 Å². The Labute approximate surface area is 123 Å². The summed E-state index contributed by atoms with van der Waals surface area (Å²) in [6.07, 6.45) is 2.75. The number of nitrogens with zero attached hydrogens (tertiary/aromatic N) is 3. The number of aromatic carboxylic acids is 1. The van der Waals surface area contributed by atoms with Gasteiger partial charge in [0.2, 0.25) is 0 Å². The Kier molecular flexibility index (Phi) is 4.43. The van der Waals surface area contributed by atoms with Crippen molar-refractivity contribution in [1.29, 1.82) is 0 Å². The monoisotopic (exact) mass is 308 g/mol. The van der Waals surface area contributed by atoms with E-state index in [0.717, 1.165) is 0 Å². The topological polar surface area (TPSA) is 114 Å². The molecule has 2 heterocycles. The molecule has 110 valence electrons. The summed E-state index contributed by atoms with van der Waals surface area (Å²) in [6.45, 7) is 1.80. The second-order valence-electron chi connectivity index (χ2n) is 4.02. The highest BCUT2D eigenvalue weighted by molar-refractivity contribution is 7.09. The van der Waals surface area contributed by atoms with E-state index in [9.17, 15) is 9.59 Å². The minimum Gasteiger partial charge on any atom is -0.476 e. The molecule has 0 aliphatic carbocycles. The van der Waals surface area contributed by atoms with Crippen LogP contribution in [0.4, 0.5) is 5.82 Å². The van der Waals surface area contributed by atoms with Crippen molar-refractivity contribution < 1.29 is 19.4 Å². The van der Waals surface area contributed by atoms with Gasteiger partial charge in [-0.2, -0.15) is 0 Å². The Hall–Kier alpha value is -2.55. The van der Waals surface area contributed by atoms with Gasteiger partial charge >= 0.3 is 11.9 Å². The molecule has 0 aliphatic heterocycles. The standard InChI is InChI=1S/C12H12N4O4S/c1-6(10-16-8(5-21-10)11(17)18)14-9-4-13-3-7(15-9)12(19)20-2/h3-6H,1-2H3,(H,14,15)(H,17,18). The quantitative estimate of drug-likeness (QED) is 0.800. The summed E-state index contributed by atoms with van der Waals surface area (Å²) in [6, 6.07) is -0.273. The van der Waals surface area contributed by atoms with Gasteiger partial charge in [-0.1, -0.05) is 0 Å². The first-order valence-corrected chi connectivity index (χ1v) is 6.75. The van der Waals surface area contributed by atoms with Gasteiger partial charge in [0.15, 0.2) is 11.4 Å². The van der Waals surface area contributed by atoms with Crippen molar-refractivity contribution in [2.75, 3.05) is 12.4 Å². The Balaban J connectivity index is 2.13. The molecule has 21 heavy (non-hydrogen) atoms. The maximum atomic E-state index is 11.4. The molecule has 0 saturated heterocycles. The molecule has 0 fully saturated rings. The summed E-state index contributed by atoms with van der Waals surface area (Å²) in [5.74, 6) is -1.28. The molecular weight excluding hydrogens is 296 g/mol. The first kappa shape index (κ1) is 14.9. The predicted octanol–water partition coefficient (Wildman–Crippen LogP) is 1.59. The van der Waals surface area contributed by atoms with Crippen LogP contribution in [0.2, 0.25) is 0 Å². The number of esters is 1. The van der Waals surface area contributed by atoms with Crippen LogP contribution in [0.5, 0.6) is 0 Å². The maximum Gasteiger partial charge on any atom is 0.358 e. The number of carbonyl (C=O) groups is 2. The number of hydrogen-bond donors (Lipinski definition) is 2. The Morgan fingerprint density at radius 2 is 2.10 bits per heavy atom. The van der Waals surface area contributed by atoms with Gasteiger partial charge in [0.05, 0.1) is 25.5 Å². The molecule has 0 aromatic carbocycles. The summed E-state index contributed by atoms with van der Waals surface area (Å²) < 4.78 is 4.57. The average molecular weight is 308 g/mol. The van der Waals surface area contributed by atoms with Gasteiger partial charge in [-0.05, 0) is 6.92 Å². The van der Waals surface area contributed by atoms with Crippen molar-refractivity contribution in [1.82, 2.24) is 15.0 Å². The molecule has 0 radical (unpaired) electrons. The number of carboxylic acid groups (broad SMARTS) is 1. The van der Waals surface area contributed by atoms with Crippen LogP contribution in [0.25, 0.3) is 0 Å². The van der Waals surface area contributed by atoms with E-state index < -0.39 is 11.9 Å². The van der Waals surface area contributed by atoms with E-state index >= 15 is 0 Å². The molecule has 1 unspecified atom stereocenters. The van der Waals surface area contributed by atoms with Crippen molar-refractivity contribution in [2.45, 2.75) is 13.0 Å². The van der Waals surface area contributed by atoms with Crippen LogP contribution in [-0.4, -0.2) is 39.1 Å². The Morgan fingerprint density at radius 3 is 2.71 bits per heavy atom. The lowest BCUT2D eigenvalue weighted by molar-refractivity contribution is 0.0592. The van der Waals surface area contributed by atoms with E-state index in [0.29, 0.717) is 10.8 Å². The highest BCUT2D eigenvalue weighted by Gasteiger charge is 2.15. The van der Waals surface area contributed by atoms with E-state index in [1.807, 2.05) is 0 Å². The number of carbonyl (C=O) groups excluding carboxylic acids is 1. The van der Waals surface area contributed by atoms with Crippen LogP contribution in [0.15, 0.2) is 17.8 Å². The molecule has 0 saturated carbocycles. The van der Waals surface area contributed by atoms with Crippen molar-refractivity contribution >= 4 is 29.1 Å². The maximum absolute atomic E-state index is 11.4. The van der Waals surface area contributed by atoms with Gasteiger partial charge in [-0.15, -0.1) is 11.3 Å². The van der Waals surface area contributed by atoms with E-state index in [1.54, 1.807) is 6.92 Å². The molecule has 8 nitrogen and oxygen atoms in total. The van der Waals surface area contributed by atoms with Crippen LogP contribution in [0.1, 0.15) is 39.0 Å². The number of methoxy groups -OCH3 is 1. The minimum atomic E-state index is -1.07. The van der Waals surface area contributed by atoms with Gasteiger partial charge in [0, 0.05) is 5.38 Å². The minimum absolute atomic E-state index is 0.00181. The molecule has 2 rings (SSSR count). The van der Waals surface area contributed by atoms with Crippen molar-refractivity contribution in [2.24, 2.45) is 0 Å². The largest absolute Gasteiger partial charge is 0.476 e. The number of anilines is 1. The van der Waals surface area contributed by atoms with Crippen LogP contribution in [0.3, 0.4) is 0 Å². The molecule has 0 bridgehead atoms. The fourth-order valence-corrected chi connectivity index (χ4v) is 2.31. The lowest BCUT2D eigenvalue weighted by Crippen LogP contribution is -2.11. The smallest absolute Gasteiger partial charge is 0.358 e. The highest BCUT2D eigenvalue weighted by Crippen LogP contribution is 2.21. The molecular formula is C12H12N4O4S. The van der Waals surface area contributed by atoms with Crippen LogP contribution in [0, 0.1) is 0 Å². The molecule has 2 aromatic rings. The van der Waals surface area contributed by atoms with Gasteiger partial charge in [-0.25, -0.2) is 19.6 Å². The molecule has 0 spiro atoms. The summed E-state index contributed by atoms with van der Waals surface area (Å²) in [5, 5.41) is 13.9. The average Bonchev–Trinajstić information content (AvgIpc) is 2.97. The van der Waals surface area contributed by atoms with Gasteiger partial charge < -0.3 is 15.2 Å². The summed E-state index contributed by atoms with van der Waals surface area (Å²) in [5.41, 5.74) is 0.0816. The second kappa shape index (κ2) is 6.27. The Morgan fingerprint density at radius 1 is 1.33 bits per heavy atom. The number of aromatic nitrogens is 3.